The number of carbonyl (C=O) groups excluding carboxylic acids is 1. The number of hydrogen-bond donors (Lipinski definition) is 0. The second kappa shape index (κ2) is 8.01. The normalized spacial score (nSPS) is 16.7. The molecule has 0 bridgehead atoms. The molecule has 3 nitrogen and oxygen atoms in total. The van der Waals surface area contributed by atoms with Gasteiger partial charge in [-0.2, -0.15) is 0 Å². The van der Waals surface area contributed by atoms with E-state index in [1.165, 1.54) is 6.07 Å². The molecule has 2 aromatic carbocycles. The molecule has 0 heterocycles. The number of halogens is 2. The van der Waals surface area contributed by atoms with Crippen LogP contribution in [-0.4, -0.2) is 11.8 Å². The Morgan fingerprint density at radius 3 is 2.43 bits per heavy atom. The maximum absolute atomic E-state index is 14.6. The van der Waals surface area contributed by atoms with Crippen LogP contribution in [0.3, 0.4) is 0 Å². The van der Waals surface area contributed by atoms with E-state index in [4.69, 9.17) is 9.47 Å². The molecular formula is C25H27F2O3. The molecule has 159 valence electrons. The van der Waals surface area contributed by atoms with E-state index in [1.807, 2.05) is 12.5 Å². The average Bonchev–Trinajstić information content (AvgIpc) is 2.61. The Morgan fingerprint density at radius 2 is 1.80 bits per heavy atom. The van der Waals surface area contributed by atoms with E-state index in [0.29, 0.717) is 12.8 Å². The van der Waals surface area contributed by atoms with E-state index in [2.05, 4.69) is 32.9 Å². The first kappa shape index (κ1) is 22.3. The fraction of sp³-hybridized carbons (Fsp3) is 0.440. The van der Waals surface area contributed by atoms with Gasteiger partial charge in [0.2, 0.25) is 0 Å². The van der Waals surface area contributed by atoms with E-state index < -0.39 is 23.4 Å². The highest BCUT2D eigenvalue weighted by Gasteiger charge is 2.27. The number of benzene rings is 2. The topological polar surface area (TPSA) is 35.5 Å². The lowest BCUT2D eigenvalue weighted by Crippen LogP contribution is -2.26. The second-order valence-electron chi connectivity index (χ2n) is 9.66. The van der Waals surface area contributed by atoms with E-state index in [-0.39, 0.29) is 22.6 Å². The minimum absolute atomic E-state index is 0.0527. The molecule has 0 amide bonds. The molecule has 0 N–H and O–H groups in total. The third kappa shape index (κ3) is 5.18. The van der Waals surface area contributed by atoms with Gasteiger partial charge in [-0.05, 0) is 91.8 Å². The summed E-state index contributed by atoms with van der Waals surface area (Å²) < 4.78 is 38.8. The smallest absolute Gasteiger partial charge is 0.428 e. The van der Waals surface area contributed by atoms with E-state index in [1.54, 1.807) is 20.8 Å². The van der Waals surface area contributed by atoms with E-state index >= 15 is 0 Å². The molecule has 0 spiro atoms. The molecule has 0 saturated heterocycles. The van der Waals surface area contributed by atoms with Crippen molar-refractivity contribution in [1.82, 2.24) is 0 Å². The van der Waals surface area contributed by atoms with Crippen LogP contribution < -0.4 is 4.74 Å². The molecule has 1 aliphatic rings. The van der Waals surface area contributed by atoms with Crippen LogP contribution in [0.25, 0.3) is 0 Å². The van der Waals surface area contributed by atoms with Gasteiger partial charge in [0.25, 0.3) is 0 Å². The zero-order chi connectivity index (χ0) is 22.3. The summed E-state index contributed by atoms with van der Waals surface area (Å²) in [5, 5.41) is 0. The Balaban J connectivity index is 1.84. The number of hydrogen-bond acceptors (Lipinski definition) is 3. The van der Waals surface area contributed by atoms with Crippen LogP contribution in [0.4, 0.5) is 13.6 Å². The molecule has 0 saturated carbocycles. The summed E-state index contributed by atoms with van der Waals surface area (Å²) in [5.74, 6) is -2.25. The molecule has 1 atom stereocenters. The van der Waals surface area contributed by atoms with Crippen LogP contribution in [0.15, 0.2) is 18.2 Å². The molecular weight excluding hydrogens is 386 g/mol. The highest BCUT2D eigenvalue weighted by atomic mass is 19.1. The molecule has 0 fully saturated rings. The van der Waals surface area contributed by atoms with Gasteiger partial charge in [-0.25, -0.2) is 13.6 Å². The van der Waals surface area contributed by atoms with Crippen LogP contribution in [0.5, 0.6) is 5.75 Å². The zero-order valence-corrected chi connectivity index (χ0v) is 18.3. The summed E-state index contributed by atoms with van der Waals surface area (Å²) in [4.78, 5) is 11.9. The first-order valence-corrected chi connectivity index (χ1v) is 10.0. The van der Waals surface area contributed by atoms with Crippen LogP contribution in [0.2, 0.25) is 0 Å². The van der Waals surface area contributed by atoms with E-state index in [9.17, 15) is 13.6 Å². The van der Waals surface area contributed by atoms with Crippen molar-refractivity contribution >= 4 is 6.16 Å². The van der Waals surface area contributed by atoms with Crippen LogP contribution in [0, 0.1) is 30.2 Å². The van der Waals surface area contributed by atoms with Gasteiger partial charge in [0.05, 0.1) is 0 Å². The Hall–Kier alpha value is -2.43. The van der Waals surface area contributed by atoms with E-state index in [0.717, 1.165) is 22.8 Å². The van der Waals surface area contributed by atoms with Gasteiger partial charge in [-0.3, -0.25) is 0 Å². The van der Waals surface area contributed by atoms with Crippen molar-refractivity contribution in [1.29, 1.82) is 0 Å². The summed E-state index contributed by atoms with van der Waals surface area (Å²) >= 11 is 0. The van der Waals surface area contributed by atoms with Gasteiger partial charge in [0.15, 0.2) is 11.6 Å². The number of fused-ring (bicyclic) bond motifs is 1. The van der Waals surface area contributed by atoms with Gasteiger partial charge in [-0.15, -0.1) is 0 Å². The number of rotatable bonds is 2. The third-order valence-electron chi connectivity index (χ3n) is 4.88. The van der Waals surface area contributed by atoms with Crippen LogP contribution in [-0.2, 0) is 23.0 Å². The predicted octanol–water partition coefficient (Wildman–Crippen LogP) is 6.26. The van der Waals surface area contributed by atoms with Crippen LogP contribution >= 0.6 is 0 Å². The average molecular weight is 413 g/mol. The quantitative estimate of drug-likeness (QED) is 0.430. The fourth-order valence-corrected chi connectivity index (χ4v) is 3.37. The lowest BCUT2D eigenvalue weighted by atomic mass is 9.77. The highest BCUT2D eigenvalue weighted by Crippen LogP contribution is 2.37. The number of carbonyl (C=O) groups is 1. The lowest BCUT2D eigenvalue weighted by Gasteiger charge is -2.27. The summed E-state index contributed by atoms with van der Waals surface area (Å²) in [5.41, 5.74) is 2.56. The highest BCUT2D eigenvalue weighted by molar-refractivity contribution is 5.64. The lowest BCUT2D eigenvalue weighted by molar-refractivity contribution is 0.0197. The van der Waals surface area contributed by atoms with Gasteiger partial charge in [-0.1, -0.05) is 26.8 Å². The molecule has 1 aliphatic carbocycles. The van der Waals surface area contributed by atoms with Crippen molar-refractivity contribution in [3.05, 3.63) is 70.6 Å². The van der Waals surface area contributed by atoms with Gasteiger partial charge in [0, 0.05) is 6.07 Å². The Labute approximate surface area is 177 Å². The SMILES string of the molecule is CC(C)(C)OC(=O)Oc1cc([C@@H]2[CH]Cc3[c]c(C(C)(C)C)[c]cc3C2)c(F)cc1F. The summed E-state index contributed by atoms with van der Waals surface area (Å²) in [6.45, 7) is 11.3. The molecule has 0 unspecified atom stereocenters. The monoisotopic (exact) mass is 413 g/mol. The van der Waals surface area contributed by atoms with Crippen molar-refractivity contribution in [2.45, 2.75) is 71.3 Å². The standard InChI is InChI=1S/C25H27F2O3/c1-24(2,3)18-10-9-15-11-17(8-7-16(15)12-18)19-13-22(21(27)14-20(19)26)29-23(28)30-25(4,5)6/h8-9,13-14,17H,7,11H2,1-6H3/t17-/m1/s1. The molecule has 5 heteroatoms. The first-order chi connectivity index (χ1) is 13.8. The molecule has 0 aromatic heterocycles. The van der Waals surface area contributed by atoms with Crippen LogP contribution in [0.1, 0.15) is 69.7 Å². The molecule has 3 radical (unpaired) electrons. The Morgan fingerprint density at radius 1 is 1.10 bits per heavy atom. The van der Waals surface area contributed by atoms with Crippen molar-refractivity contribution in [2.24, 2.45) is 0 Å². The second-order valence-corrected chi connectivity index (χ2v) is 9.66. The maximum atomic E-state index is 14.6. The molecule has 30 heavy (non-hydrogen) atoms. The number of ether oxygens (including phenoxy) is 2. The van der Waals surface area contributed by atoms with Gasteiger partial charge in [0.1, 0.15) is 11.4 Å². The maximum Gasteiger partial charge on any atom is 0.514 e. The fourth-order valence-electron chi connectivity index (χ4n) is 3.37. The summed E-state index contributed by atoms with van der Waals surface area (Å²) in [6, 6.07) is 10.6. The minimum atomic E-state index is -1.03. The van der Waals surface area contributed by atoms with Crippen molar-refractivity contribution in [3.8, 4) is 5.75 Å². The Bertz CT molecular complexity index is 952. The molecule has 3 rings (SSSR count). The Kier molecular flexibility index (Phi) is 5.94. The largest absolute Gasteiger partial charge is 0.514 e. The van der Waals surface area contributed by atoms with Crippen molar-refractivity contribution < 1.29 is 23.0 Å². The van der Waals surface area contributed by atoms with Gasteiger partial charge >= 0.3 is 6.16 Å². The molecule has 0 aliphatic heterocycles. The van der Waals surface area contributed by atoms with Gasteiger partial charge < -0.3 is 9.47 Å². The minimum Gasteiger partial charge on any atom is -0.428 e. The molecule has 2 aromatic rings. The van der Waals surface area contributed by atoms with Crippen molar-refractivity contribution in [3.63, 3.8) is 0 Å². The zero-order valence-electron chi connectivity index (χ0n) is 18.3. The third-order valence-corrected chi connectivity index (χ3v) is 4.88. The summed E-state index contributed by atoms with van der Waals surface area (Å²) in [6.07, 6.45) is 2.12. The van der Waals surface area contributed by atoms with Crippen molar-refractivity contribution in [2.75, 3.05) is 0 Å². The predicted molar refractivity (Wildman–Crippen MR) is 110 cm³/mol. The first-order valence-electron chi connectivity index (χ1n) is 10.0. The summed E-state index contributed by atoms with van der Waals surface area (Å²) in [7, 11) is 0.